The van der Waals surface area contributed by atoms with Gasteiger partial charge in [-0.1, -0.05) is 18.2 Å². The summed E-state index contributed by atoms with van der Waals surface area (Å²) in [5, 5.41) is 17.6. The van der Waals surface area contributed by atoms with Gasteiger partial charge >= 0.3 is 11.9 Å². The first kappa shape index (κ1) is 20.8. The van der Waals surface area contributed by atoms with Gasteiger partial charge in [0.15, 0.2) is 5.92 Å². The van der Waals surface area contributed by atoms with E-state index < -0.39 is 32.5 Å². The van der Waals surface area contributed by atoms with E-state index in [0.29, 0.717) is 5.30 Å². The molecule has 8 N–H and O–H groups in total. The summed E-state index contributed by atoms with van der Waals surface area (Å²) >= 11 is 0. The third kappa shape index (κ3) is 7.11. The number of aliphatic carboxylic acids is 2. The van der Waals surface area contributed by atoms with Gasteiger partial charge in [0, 0.05) is 5.30 Å². The zero-order valence-corrected chi connectivity index (χ0v) is 14.3. The molecular formula is C13H17N6O6P. The Bertz CT molecular complexity index is 725. The summed E-state index contributed by atoms with van der Waals surface area (Å²) in [6.07, 6.45) is 0. The van der Waals surface area contributed by atoms with E-state index in [9.17, 15) is 14.2 Å². The van der Waals surface area contributed by atoms with Crippen LogP contribution in [-0.2, 0) is 18.7 Å². The fourth-order valence-electron chi connectivity index (χ4n) is 1.49. The Morgan fingerprint density at radius 3 is 1.77 bits per heavy atom. The molecule has 1 unspecified atom stereocenters. The summed E-state index contributed by atoms with van der Waals surface area (Å²) < 4.78 is 16.4. The summed E-state index contributed by atoms with van der Waals surface area (Å²) in [7, 11) is -2.61. The molecule has 140 valence electrons. The van der Waals surface area contributed by atoms with Crippen molar-refractivity contribution in [1.82, 2.24) is 15.0 Å². The van der Waals surface area contributed by atoms with Crippen molar-refractivity contribution >= 4 is 43.1 Å². The van der Waals surface area contributed by atoms with E-state index in [2.05, 4.69) is 15.0 Å². The van der Waals surface area contributed by atoms with Gasteiger partial charge in [-0.3, -0.25) is 14.2 Å². The van der Waals surface area contributed by atoms with Crippen molar-refractivity contribution in [1.29, 1.82) is 0 Å². The number of carbonyl (C=O) groups is 2. The van der Waals surface area contributed by atoms with E-state index in [1.807, 2.05) is 0 Å². The molecule has 2 aromatic rings. The predicted molar refractivity (Wildman–Crippen MR) is 92.9 cm³/mol. The predicted octanol–water partition coefficient (Wildman–Crippen LogP) is -0.793. The average Bonchev–Trinajstić information content (AvgIpc) is 2.54. The normalized spacial score (nSPS) is 11.3. The third-order valence-electron chi connectivity index (χ3n) is 2.67. The quantitative estimate of drug-likeness (QED) is 0.305. The molecule has 0 spiro atoms. The van der Waals surface area contributed by atoms with E-state index in [0.717, 1.165) is 0 Å². The van der Waals surface area contributed by atoms with Crippen molar-refractivity contribution in [3.05, 3.63) is 30.3 Å². The van der Waals surface area contributed by atoms with Crippen molar-refractivity contribution < 1.29 is 28.9 Å². The fraction of sp³-hybridized carbons (Fsp3) is 0.154. The van der Waals surface area contributed by atoms with Crippen LogP contribution in [0.3, 0.4) is 0 Å². The second kappa shape index (κ2) is 9.91. The zero-order valence-electron chi connectivity index (χ0n) is 13.3. The summed E-state index contributed by atoms with van der Waals surface area (Å²) in [5.41, 5.74) is 15.4. The summed E-state index contributed by atoms with van der Waals surface area (Å²) in [4.78, 5) is 31.5. The number of nitrogens with zero attached hydrogens (tertiary/aromatic N) is 3. The molecule has 1 aromatic carbocycles. The highest BCUT2D eigenvalue weighted by Crippen LogP contribution is 2.22. The molecule has 0 fully saturated rings. The molecule has 0 radical (unpaired) electrons. The highest BCUT2D eigenvalue weighted by atomic mass is 31.1. The summed E-state index contributed by atoms with van der Waals surface area (Å²) in [5.74, 6) is -4.60. The molecule has 13 heteroatoms. The molecule has 1 heterocycles. The van der Waals surface area contributed by atoms with Crippen molar-refractivity contribution in [3.8, 4) is 0 Å². The molecule has 0 aliphatic rings. The van der Waals surface area contributed by atoms with E-state index >= 15 is 0 Å². The molecule has 0 amide bonds. The number of carboxylic acids is 2. The van der Waals surface area contributed by atoms with Gasteiger partial charge in [0.25, 0.3) is 0 Å². The highest BCUT2D eigenvalue weighted by Gasteiger charge is 2.26. The van der Waals surface area contributed by atoms with Gasteiger partial charge in [0.05, 0.1) is 6.61 Å². The molecule has 0 saturated heterocycles. The first-order chi connectivity index (χ1) is 12.2. The Morgan fingerprint density at radius 1 is 0.962 bits per heavy atom. The number of rotatable bonds is 6. The van der Waals surface area contributed by atoms with Crippen molar-refractivity contribution in [2.75, 3.05) is 23.8 Å². The van der Waals surface area contributed by atoms with Gasteiger partial charge < -0.3 is 31.9 Å². The maximum absolute atomic E-state index is 11.6. The van der Waals surface area contributed by atoms with Crippen LogP contribution in [0.5, 0.6) is 0 Å². The number of aromatic nitrogens is 3. The topological polar surface area (TPSA) is 218 Å². The Labute approximate surface area is 147 Å². The number of hydrogen-bond donors (Lipinski definition) is 5. The lowest BCUT2D eigenvalue weighted by Gasteiger charge is -2.08. The smallest absolute Gasteiger partial charge is 0.320 e. The lowest BCUT2D eigenvalue weighted by molar-refractivity contribution is -0.155. The highest BCUT2D eigenvalue weighted by molar-refractivity contribution is 7.48. The first-order valence-electron chi connectivity index (χ1n) is 6.91. The molecule has 12 nitrogen and oxygen atoms in total. The maximum atomic E-state index is 11.6. The van der Waals surface area contributed by atoms with E-state index in [4.69, 9.17) is 31.9 Å². The molecule has 0 bridgehead atoms. The fourth-order valence-corrected chi connectivity index (χ4v) is 2.44. The standard InChI is InChI=1S/C10H11O6P.C3H6N6/c11-9(12)8(10(13)14)6-16-17(15)7-4-2-1-3-5-7;4-1-7-2(5)9-3(6)8-1/h1-5,8,17H,6H2,(H,11,12)(H,13,14);(H6,4,5,6,7,8,9). The second-order valence-corrected chi connectivity index (χ2v) is 6.04. The number of anilines is 3. The molecule has 0 aliphatic heterocycles. The van der Waals surface area contributed by atoms with Crippen LogP contribution in [0.2, 0.25) is 0 Å². The van der Waals surface area contributed by atoms with Gasteiger partial charge in [0.1, 0.15) is 0 Å². The van der Waals surface area contributed by atoms with Gasteiger partial charge in [-0.05, 0) is 12.1 Å². The zero-order chi connectivity index (χ0) is 19.7. The number of nitrogen functional groups attached to an aromatic ring is 3. The van der Waals surface area contributed by atoms with Crippen LogP contribution in [0.1, 0.15) is 0 Å². The number of carboxylic acid groups (broad SMARTS) is 2. The van der Waals surface area contributed by atoms with Crippen LogP contribution in [-0.4, -0.2) is 43.7 Å². The minimum absolute atomic E-state index is 0.0417. The maximum Gasteiger partial charge on any atom is 0.320 e. The van der Waals surface area contributed by atoms with Crippen LogP contribution in [0.4, 0.5) is 17.8 Å². The van der Waals surface area contributed by atoms with Crippen molar-refractivity contribution in [2.24, 2.45) is 5.92 Å². The van der Waals surface area contributed by atoms with Gasteiger partial charge in [0.2, 0.25) is 25.9 Å². The van der Waals surface area contributed by atoms with Crippen molar-refractivity contribution in [2.45, 2.75) is 0 Å². The number of hydrogen-bond acceptors (Lipinski definition) is 10. The molecule has 2 rings (SSSR count). The minimum Gasteiger partial charge on any atom is -0.481 e. The lowest BCUT2D eigenvalue weighted by Crippen LogP contribution is -2.27. The molecule has 26 heavy (non-hydrogen) atoms. The first-order valence-corrected chi connectivity index (χ1v) is 8.22. The minimum atomic E-state index is -2.61. The molecule has 0 saturated carbocycles. The average molecular weight is 384 g/mol. The van der Waals surface area contributed by atoms with E-state index in [-0.39, 0.29) is 17.8 Å². The summed E-state index contributed by atoms with van der Waals surface area (Å²) in [6.45, 7) is -0.614. The van der Waals surface area contributed by atoms with Crippen LogP contribution < -0.4 is 22.5 Å². The van der Waals surface area contributed by atoms with Crippen LogP contribution in [0.25, 0.3) is 0 Å². The Balaban J connectivity index is 0.000000314. The van der Waals surface area contributed by atoms with Crippen LogP contribution in [0.15, 0.2) is 30.3 Å². The van der Waals surface area contributed by atoms with Gasteiger partial charge in [-0.25, -0.2) is 0 Å². The molecule has 1 atom stereocenters. The Kier molecular flexibility index (Phi) is 7.93. The Hall–Kier alpha value is -3.24. The second-order valence-electron chi connectivity index (χ2n) is 4.60. The molecular weight excluding hydrogens is 367 g/mol. The summed E-state index contributed by atoms with van der Waals surface area (Å²) in [6, 6.07) is 8.19. The van der Waals surface area contributed by atoms with Gasteiger partial charge in [-0.15, -0.1) is 0 Å². The third-order valence-corrected chi connectivity index (χ3v) is 3.91. The van der Waals surface area contributed by atoms with E-state index in [1.165, 1.54) is 0 Å². The molecule has 1 aromatic heterocycles. The van der Waals surface area contributed by atoms with Crippen LogP contribution >= 0.6 is 8.03 Å². The van der Waals surface area contributed by atoms with Gasteiger partial charge in [-0.2, -0.15) is 15.0 Å². The number of nitrogens with two attached hydrogens (primary N) is 3. The number of benzene rings is 1. The van der Waals surface area contributed by atoms with E-state index in [1.54, 1.807) is 30.3 Å². The lowest BCUT2D eigenvalue weighted by atomic mass is 10.2. The molecule has 0 aliphatic carbocycles. The monoisotopic (exact) mass is 384 g/mol. The van der Waals surface area contributed by atoms with Crippen molar-refractivity contribution in [3.63, 3.8) is 0 Å². The largest absolute Gasteiger partial charge is 0.481 e. The Morgan fingerprint density at radius 2 is 1.38 bits per heavy atom. The SMILES string of the molecule is Nc1nc(N)nc(N)n1.O=C(O)C(CO[PH](=O)c1ccccc1)C(=O)O. The van der Waals surface area contributed by atoms with Crippen LogP contribution in [0, 0.1) is 5.92 Å².